The Labute approximate surface area is 115 Å². The highest BCUT2D eigenvalue weighted by Gasteiger charge is 2.32. The molecule has 108 valence electrons. The van der Waals surface area contributed by atoms with Crippen molar-refractivity contribution in [3.63, 3.8) is 0 Å². The quantitative estimate of drug-likeness (QED) is 0.823. The monoisotopic (exact) mass is 267 g/mol. The van der Waals surface area contributed by atoms with E-state index < -0.39 is 5.97 Å². The van der Waals surface area contributed by atoms with Gasteiger partial charge in [0.15, 0.2) is 0 Å². The minimum atomic E-state index is -0.761. The van der Waals surface area contributed by atoms with Gasteiger partial charge >= 0.3 is 5.97 Å². The highest BCUT2D eigenvalue weighted by molar-refractivity contribution is 5.78. The number of hydrogen-bond acceptors (Lipinski definition) is 2. The molecule has 4 heteroatoms. The molecule has 4 nitrogen and oxygen atoms in total. The lowest BCUT2D eigenvalue weighted by Gasteiger charge is -2.30. The molecule has 2 N–H and O–H groups in total. The summed E-state index contributed by atoms with van der Waals surface area (Å²) >= 11 is 0. The third-order valence-corrected chi connectivity index (χ3v) is 4.63. The first-order chi connectivity index (χ1) is 9.16. The van der Waals surface area contributed by atoms with Crippen LogP contribution in [0.15, 0.2) is 0 Å². The van der Waals surface area contributed by atoms with Crippen molar-refractivity contribution in [1.82, 2.24) is 5.32 Å². The second kappa shape index (κ2) is 6.92. The SMILES string of the molecule is O=C(CC1CCCCC1)NC1CCCCC1C(=O)O. The predicted molar refractivity (Wildman–Crippen MR) is 72.7 cm³/mol. The first kappa shape index (κ1) is 14.4. The van der Waals surface area contributed by atoms with Crippen molar-refractivity contribution >= 4 is 11.9 Å². The number of nitrogens with one attached hydrogen (secondary N) is 1. The van der Waals surface area contributed by atoms with Crippen molar-refractivity contribution in [3.8, 4) is 0 Å². The summed E-state index contributed by atoms with van der Waals surface area (Å²) in [6, 6.07) is -0.151. The van der Waals surface area contributed by atoms with Crippen LogP contribution >= 0.6 is 0 Å². The van der Waals surface area contributed by atoms with Gasteiger partial charge in [0.1, 0.15) is 0 Å². The van der Waals surface area contributed by atoms with Crippen molar-refractivity contribution in [2.45, 2.75) is 70.3 Å². The van der Waals surface area contributed by atoms with Gasteiger partial charge in [0.2, 0.25) is 5.91 Å². The summed E-state index contributed by atoms with van der Waals surface area (Å²) < 4.78 is 0. The number of carboxylic acid groups (broad SMARTS) is 1. The average Bonchev–Trinajstić information content (AvgIpc) is 2.40. The molecule has 2 unspecified atom stereocenters. The average molecular weight is 267 g/mol. The van der Waals surface area contributed by atoms with E-state index in [0.29, 0.717) is 18.8 Å². The Hall–Kier alpha value is -1.06. The van der Waals surface area contributed by atoms with E-state index >= 15 is 0 Å². The van der Waals surface area contributed by atoms with Crippen LogP contribution < -0.4 is 5.32 Å². The Bertz CT molecular complexity index is 323. The van der Waals surface area contributed by atoms with Gasteiger partial charge in [-0.3, -0.25) is 9.59 Å². The third kappa shape index (κ3) is 4.22. The largest absolute Gasteiger partial charge is 0.481 e. The second-order valence-electron chi connectivity index (χ2n) is 6.11. The van der Waals surface area contributed by atoms with Gasteiger partial charge in [-0.2, -0.15) is 0 Å². The van der Waals surface area contributed by atoms with E-state index in [4.69, 9.17) is 0 Å². The number of hydrogen-bond donors (Lipinski definition) is 2. The van der Waals surface area contributed by atoms with Gasteiger partial charge < -0.3 is 10.4 Å². The zero-order valence-corrected chi connectivity index (χ0v) is 11.6. The van der Waals surface area contributed by atoms with Crippen LogP contribution in [-0.4, -0.2) is 23.0 Å². The minimum Gasteiger partial charge on any atom is -0.481 e. The molecule has 2 fully saturated rings. The summed E-state index contributed by atoms with van der Waals surface area (Å²) in [7, 11) is 0. The van der Waals surface area contributed by atoms with E-state index in [-0.39, 0.29) is 17.9 Å². The van der Waals surface area contributed by atoms with Crippen LogP contribution in [0, 0.1) is 11.8 Å². The zero-order valence-electron chi connectivity index (χ0n) is 11.6. The lowest BCUT2D eigenvalue weighted by Crippen LogP contribution is -2.45. The van der Waals surface area contributed by atoms with Crippen molar-refractivity contribution in [2.24, 2.45) is 11.8 Å². The summed E-state index contributed by atoms with van der Waals surface area (Å²) in [6.07, 6.45) is 10.2. The van der Waals surface area contributed by atoms with Gasteiger partial charge in [-0.15, -0.1) is 0 Å². The van der Waals surface area contributed by atoms with E-state index in [1.165, 1.54) is 19.3 Å². The number of amides is 1. The Morgan fingerprint density at radius 1 is 0.947 bits per heavy atom. The Morgan fingerprint density at radius 2 is 1.58 bits per heavy atom. The van der Waals surface area contributed by atoms with Gasteiger partial charge in [0.05, 0.1) is 5.92 Å². The van der Waals surface area contributed by atoms with Crippen LogP contribution in [0.5, 0.6) is 0 Å². The molecule has 0 saturated heterocycles. The van der Waals surface area contributed by atoms with Crippen LogP contribution in [0.1, 0.15) is 64.2 Å². The van der Waals surface area contributed by atoms with E-state index in [2.05, 4.69) is 5.32 Å². The molecule has 0 bridgehead atoms. The molecule has 0 radical (unpaired) electrons. The number of carbonyl (C=O) groups excluding carboxylic acids is 1. The van der Waals surface area contributed by atoms with Crippen molar-refractivity contribution in [2.75, 3.05) is 0 Å². The lowest BCUT2D eigenvalue weighted by molar-refractivity contribution is -0.144. The summed E-state index contributed by atoms with van der Waals surface area (Å²) in [6.45, 7) is 0. The maximum absolute atomic E-state index is 12.0. The van der Waals surface area contributed by atoms with Gasteiger partial charge in [-0.25, -0.2) is 0 Å². The maximum atomic E-state index is 12.0. The Balaban J connectivity index is 1.80. The fraction of sp³-hybridized carbons (Fsp3) is 0.867. The molecule has 0 aliphatic heterocycles. The Morgan fingerprint density at radius 3 is 2.26 bits per heavy atom. The van der Waals surface area contributed by atoms with Gasteiger partial charge in [0, 0.05) is 12.5 Å². The van der Waals surface area contributed by atoms with Gasteiger partial charge in [-0.05, 0) is 31.6 Å². The van der Waals surface area contributed by atoms with E-state index in [1.54, 1.807) is 0 Å². The molecular weight excluding hydrogens is 242 g/mol. The van der Waals surface area contributed by atoms with Gasteiger partial charge in [-0.1, -0.05) is 32.1 Å². The molecule has 0 heterocycles. The van der Waals surface area contributed by atoms with Crippen molar-refractivity contribution < 1.29 is 14.7 Å². The molecule has 0 aromatic carbocycles. The van der Waals surface area contributed by atoms with Crippen LogP contribution in [0.3, 0.4) is 0 Å². The van der Waals surface area contributed by atoms with Crippen LogP contribution in [-0.2, 0) is 9.59 Å². The van der Waals surface area contributed by atoms with Crippen molar-refractivity contribution in [1.29, 1.82) is 0 Å². The Kier molecular flexibility index (Phi) is 5.23. The normalized spacial score (nSPS) is 28.8. The molecule has 2 rings (SSSR count). The maximum Gasteiger partial charge on any atom is 0.308 e. The molecule has 1 amide bonds. The van der Waals surface area contributed by atoms with E-state index in [0.717, 1.165) is 32.1 Å². The summed E-state index contributed by atoms with van der Waals surface area (Å²) in [5.74, 6) is -0.572. The summed E-state index contributed by atoms with van der Waals surface area (Å²) in [4.78, 5) is 23.2. The minimum absolute atomic E-state index is 0.0602. The second-order valence-corrected chi connectivity index (χ2v) is 6.11. The van der Waals surface area contributed by atoms with Crippen LogP contribution in [0.2, 0.25) is 0 Å². The molecule has 2 saturated carbocycles. The molecule has 0 aromatic rings. The first-order valence-corrected chi connectivity index (χ1v) is 7.69. The highest BCUT2D eigenvalue weighted by Crippen LogP contribution is 2.28. The highest BCUT2D eigenvalue weighted by atomic mass is 16.4. The van der Waals surface area contributed by atoms with E-state index in [9.17, 15) is 14.7 Å². The topological polar surface area (TPSA) is 66.4 Å². The summed E-state index contributed by atoms with van der Waals surface area (Å²) in [5, 5.41) is 12.2. The van der Waals surface area contributed by atoms with E-state index in [1.807, 2.05) is 0 Å². The number of rotatable bonds is 4. The van der Waals surface area contributed by atoms with Crippen LogP contribution in [0.4, 0.5) is 0 Å². The smallest absolute Gasteiger partial charge is 0.308 e. The summed E-state index contributed by atoms with van der Waals surface area (Å²) in [5.41, 5.74) is 0. The van der Waals surface area contributed by atoms with Crippen molar-refractivity contribution in [3.05, 3.63) is 0 Å². The predicted octanol–water partition coefficient (Wildman–Crippen LogP) is 2.72. The zero-order chi connectivity index (χ0) is 13.7. The van der Waals surface area contributed by atoms with Gasteiger partial charge in [0.25, 0.3) is 0 Å². The fourth-order valence-electron chi connectivity index (χ4n) is 3.52. The fourth-order valence-corrected chi connectivity index (χ4v) is 3.52. The standard InChI is InChI=1S/C15H25NO3/c17-14(10-11-6-2-1-3-7-11)16-13-9-5-4-8-12(13)15(18)19/h11-13H,1-10H2,(H,16,17)(H,18,19). The molecule has 2 aliphatic rings. The molecule has 2 atom stereocenters. The van der Waals surface area contributed by atoms with Crippen LogP contribution in [0.25, 0.3) is 0 Å². The molecule has 2 aliphatic carbocycles. The molecule has 0 aromatic heterocycles. The first-order valence-electron chi connectivity index (χ1n) is 7.69. The number of aliphatic carboxylic acids is 1. The third-order valence-electron chi connectivity index (χ3n) is 4.63. The molecular formula is C15H25NO3. The molecule has 19 heavy (non-hydrogen) atoms. The lowest BCUT2D eigenvalue weighted by atomic mass is 9.83. The molecule has 0 spiro atoms. The number of carboxylic acids is 1. The number of carbonyl (C=O) groups is 2.